The number of Topliss-reactive ketones (excluding diaryl/α,β-unsaturated/α-hetero) is 1. The monoisotopic (exact) mass is 423 g/mol. The van der Waals surface area contributed by atoms with Gasteiger partial charge in [0.15, 0.2) is 5.78 Å². The van der Waals surface area contributed by atoms with E-state index < -0.39 is 6.09 Å². The van der Waals surface area contributed by atoms with Crippen LogP contribution < -0.4 is 0 Å². The molecule has 0 fully saturated rings. The second-order valence-electron chi connectivity index (χ2n) is 6.27. The molecule has 1 aromatic carbocycles. The van der Waals surface area contributed by atoms with E-state index in [9.17, 15) is 19.1 Å². The molecule has 130 valence electrons. The SMILES string of the molecule is O=C1CCCC2=C1C(c1ccc(F)c(Br)c1)C1=C(CCS1)N2C(=O)O. The van der Waals surface area contributed by atoms with Gasteiger partial charge in [-0.05, 0) is 52.9 Å². The largest absolute Gasteiger partial charge is 0.464 e. The van der Waals surface area contributed by atoms with E-state index in [1.807, 2.05) is 0 Å². The highest BCUT2D eigenvalue weighted by atomic mass is 79.9. The average Bonchev–Trinajstić information content (AvgIpc) is 3.04. The number of allylic oxidation sites excluding steroid dienone is 4. The van der Waals surface area contributed by atoms with Crippen LogP contribution in [0.5, 0.6) is 0 Å². The predicted octanol–water partition coefficient (Wildman–Crippen LogP) is 5.02. The second-order valence-corrected chi connectivity index (χ2v) is 8.26. The van der Waals surface area contributed by atoms with Crippen LogP contribution in [0.1, 0.15) is 37.2 Å². The molecular weight excluding hydrogens is 409 g/mol. The summed E-state index contributed by atoms with van der Waals surface area (Å²) in [5, 5.41) is 9.73. The van der Waals surface area contributed by atoms with Crippen molar-refractivity contribution in [1.82, 2.24) is 4.90 Å². The number of amides is 1. The van der Waals surface area contributed by atoms with Crippen LogP contribution in [-0.4, -0.2) is 27.6 Å². The van der Waals surface area contributed by atoms with Crippen molar-refractivity contribution in [3.05, 3.63) is 55.9 Å². The molecule has 0 bridgehead atoms. The van der Waals surface area contributed by atoms with Crippen molar-refractivity contribution in [2.24, 2.45) is 0 Å². The lowest BCUT2D eigenvalue weighted by Gasteiger charge is -2.38. The molecule has 4 nitrogen and oxygen atoms in total. The van der Waals surface area contributed by atoms with Crippen LogP contribution in [0.3, 0.4) is 0 Å². The van der Waals surface area contributed by atoms with E-state index >= 15 is 0 Å². The van der Waals surface area contributed by atoms with Gasteiger partial charge in [-0.15, -0.1) is 11.8 Å². The Labute approximate surface area is 156 Å². The highest BCUT2D eigenvalue weighted by molar-refractivity contribution is 9.10. The number of carbonyl (C=O) groups is 2. The van der Waals surface area contributed by atoms with Crippen LogP contribution in [0.4, 0.5) is 9.18 Å². The molecule has 2 heterocycles. The summed E-state index contributed by atoms with van der Waals surface area (Å²) in [5.74, 6) is 0.140. The number of hydrogen-bond donors (Lipinski definition) is 1. The standard InChI is InChI=1S/C18H15BrFNO3S/c19-10-8-9(4-5-11(10)20)15-16-12(2-1-3-14(16)22)21(18(23)24)13-6-7-25-17(13)15/h4-5,8,15H,1-3,6-7H2,(H,23,24). The van der Waals surface area contributed by atoms with Crippen molar-refractivity contribution in [3.63, 3.8) is 0 Å². The van der Waals surface area contributed by atoms with Crippen molar-refractivity contribution in [2.45, 2.75) is 31.6 Å². The summed E-state index contributed by atoms with van der Waals surface area (Å²) in [4.78, 5) is 26.8. The van der Waals surface area contributed by atoms with E-state index in [4.69, 9.17) is 0 Å². The Bertz CT molecular complexity index is 864. The van der Waals surface area contributed by atoms with Gasteiger partial charge in [0.25, 0.3) is 0 Å². The summed E-state index contributed by atoms with van der Waals surface area (Å²) in [7, 11) is 0. The van der Waals surface area contributed by atoms with Gasteiger partial charge in [0.1, 0.15) is 5.82 Å². The van der Waals surface area contributed by atoms with Gasteiger partial charge in [0.05, 0.1) is 4.47 Å². The number of thioether (sulfide) groups is 1. The number of nitrogens with zero attached hydrogens (tertiary/aromatic N) is 1. The normalized spacial score (nSPS) is 23.0. The number of benzene rings is 1. The van der Waals surface area contributed by atoms with Gasteiger partial charge >= 0.3 is 6.09 Å². The van der Waals surface area contributed by atoms with E-state index in [0.29, 0.717) is 41.4 Å². The number of hydrogen-bond acceptors (Lipinski definition) is 3. The van der Waals surface area contributed by atoms with E-state index in [0.717, 1.165) is 21.9 Å². The molecule has 3 aliphatic rings. The maximum atomic E-state index is 13.7. The maximum absolute atomic E-state index is 13.7. The summed E-state index contributed by atoms with van der Waals surface area (Å²) >= 11 is 4.82. The Morgan fingerprint density at radius 2 is 2.08 bits per heavy atom. The number of ketones is 1. The molecule has 1 atom stereocenters. The number of carboxylic acid groups (broad SMARTS) is 1. The Kier molecular flexibility index (Phi) is 4.24. The summed E-state index contributed by atoms with van der Waals surface area (Å²) in [6, 6.07) is 4.78. The highest BCUT2D eigenvalue weighted by Crippen LogP contribution is 2.53. The van der Waals surface area contributed by atoms with Gasteiger partial charge in [-0.25, -0.2) is 9.18 Å². The highest BCUT2D eigenvalue weighted by Gasteiger charge is 2.43. The molecule has 1 aliphatic carbocycles. The van der Waals surface area contributed by atoms with Gasteiger partial charge in [-0.2, -0.15) is 0 Å². The van der Waals surface area contributed by atoms with Crippen molar-refractivity contribution < 1.29 is 19.1 Å². The number of halogens is 2. The van der Waals surface area contributed by atoms with Crippen LogP contribution in [0.25, 0.3) is 0 Å². The summed E-state index contributed by atoms with van der Waals surface area (Å²) in [5.41, 5.74) is 2.77. The van der Waals surface area contributed by atoms with Crippen LogP contribution >= 0.6 is 27.7 Å². The Hall–Kier alpha value is -1.60. The van der Waals surface area contributed by atoms with Gasteiger partial charge in [-0.3, -0.25) is 9.69 Å². The zero-order chi connectivity index (χ0) is 17.7. The van der Waals surface area contributed by atoms with E-state index in [1.54, 1.807) is 23.9 Å². The average molecular weight is 424 g/mol. The first-order valence-corrected chi connectivity index (χ1v) is 9.87. The number of rotatable bonds is 1. The third-order valence-corrected chi connectivity index (χ3v) is 6.67. The molecule has 0 radical (unpaired) electrons. The zero-order valence-corrected chi connectivity index (χ0v) is 15.6. The first-order valence-electron chi connectivity index (χ1n) is 8.09. The van der Waals surface area contributed by atoms with E-state index in [1.165, 1.54) is 11.0 Å². The minimum atomic E-state index is -1.03. The van der Waals surface area contributed by atoms with Crippen molar-refractivity contribution >= 4 is 39.6 Å². The van der Waals surface area contributed by atoms with Gasteiger partial charge in [0.2, 0.25) is 0 Å². The molecule has 0 saturated heterocycles. The molecule has 0 aromatic heterocycles. The van der Waals surface area contributed by atoms with Crippen molar-refractivity contribution in [2.75, 3.05) is 5.75 Å². The quantitative estimate of drug-likeness (QED) is 0.688. The molecule has 7 heteroatoms. The molecule has 1 N–H and O–H groups in total. The van der Waals surface area contributed by atoms with Crippen molar-refractivity contribution in [1.29, 1.82) is 0 Å². The second kappa shape index (κ2) is 6.29. The third kappa shape index (κ3) is 2.64. The first-order chi connectivity index (χ1) is 12.0. The maximum Gasteiger partial charge on any atom is 0.415 e. The fourth-order valence-electron chi connectivity index (χ4n) is 3.88. The lowest BCUT2D eigenvalue weighted by atomic mass is 9.78. The molecule has 4 rings (SSSR count). The van der Waals surface area contributed by atoms with Crippen LogP contribution in [0, 0.1) is 5.82 Å². The Morgan fingerprint density at radius 3 is 2.80 bits per heavy atom. The number of carbonyl (C=O) groups excluding carboxylic acids is 1. The minimum absolute atomic E-state index is 0.00278. The first kappa shape index (κ1) is 16.8. The molecule has 2 aliphatic heterocycles. The summed E-state index contributed by atoms with van der Waals surface area (Å²) in [6.45, 7) is 0. The molecule has 25 heavy (non-hydrogen) atoms. The Morgan fingerprint density at radius 1 is 1.28 bits per heavy atom. The third-order valence-electron chi connectivity index (χ3n) is 4.87. The van der Waals surface area contributed by atoms with Gasteiger partial charge in [-0.1, -0.05) is 6.07 Å². The minimum Gasteiger partial charge on any atom is -0.464 e. The fourth-order valence-corrected chi connectivity index (χ4v) is 5.57. The van der Waals surface area contributed by atoms with Crippen LogP contribution in [0.15, 0.2) is 44.5 Å². The van der Waals surface area contributed by atoms with Gasteiger partial charge in [0, 0.05) is 40.0 Å². The predicted molar refractivity (Wildman–Crippen MR) is 96.7 cm³/mol. The molecule has 0 spiro atoms. The summed E-state index contributed by atoms with van der Waals surface area (Å²) < 4.78 is 14.0. The van der Waals surface area contributed by atoms with Gasteiger partial charge < -0.3 is 5.11 Å². The molecule has 1 aromatic rings. The molecule has 1 amide bonds. The summed E-state index contributed by atoms with van der Waals surface area (Å²) in [6.07, 6.45) is 1.30. The molecule has 1 unspecified atom stereocenters. The lowest BCUT2D eigenvalue weighted by molar-refractivity contribution is -0.116. The van der Waals surface area contributed by atoms with Crippen LogP contribution in [-0.2, 0) is 4.79 Å². The Balaban J connectivity index is 1.94. The fraction of sp³-hybridized carbons (Fsp3) is 0.333. The van der Waals surface area contributed by atoms with E-state index in [-0.39, 0.29) is 17.5 Å². The molecule has 0 saturated carbocycles. The van der Waals surface area contributed by atoms with Crippen LogP contribution in [0.2, 0.25) is 0 Å². The van der Waals surface area contributed by atoms with E-state index in [2.05, 4.69) is 15.9 Å². The topological polar surface area (TPSA) is 57.6 Å². The molecular formula is C18H15BrFNO3S. The van der Waals surface area contributed by atoms with Crippen molar-refractivity contribution in [3.8, 4) is 0 Å². The smallest absolute Gasteiger partial charge is 0.415 e. The zero-order valence-electron chi connectivity index (χ0n) is 13.2. The lowest BCUT2D eigenvalue weighted by Crippen LogP contribution is -2.37.